The molecule has 13 heteroatoms. The Balaban J connectivity index is 1.08. The van der Waals surface area contributed by atoms with Gasteiger partial charge in [-0.1, -0.05) is 0 Å². The van der Waals surface area contributed by atoms with Gasteiger partial charge in [-0.15, -0.1) is 8.78 Å². The summed E-state index contributed by atoms with van der Waals surface area (Å²) >= 11 is 0. The highest BCUT2D eigenvalue weighted by atomic mass is 19.3. The lowest BCUT2D eigenvalue weighted by Gasteiger charge is -2.70. The van der Waals surface area contributed by atoms with Crippen LogP contribution in [0.5, 0.6) is 17.2 Å². The lowest BCUT2D eigenvalue weighted by molar-refractivity contribution is -0.286. The molecule has 0 saturated heterocycles. The van der Waals surface area contributed by atoms with Crippen molar-refractivity contribution in [3.05, 3.63) is 42.0 Å². The fraction of sp³-hybridized carbons (Fsp3) is 0.400. The second kappa shape index (κ2) is 7.18. The quantitative estimate of drug-likeness (QED) is 0.600. The number of amides is 2. The van der Waals surface area contributed by atoms with E-state index in [2.05, 4.69) is 30.1 Å². The maximum Gasteiger partial charge on any atom is 0.586 e. The van der Waals surface area contributed by atoms with E-state index in [-0.39, 0.29) is 29.5 Å². The fourth-order valence-corrected chi connectivity index (χ4v) is 4.43. The van der Waals surface area contributed by atoms with E-state index in [0.29, 0.717) is 19.3 Å². The summed E-state index contributed by atoms with van der Waals surface area (Å²) in [6.45, 7) is -0.344. The normalized spacial score (nSPS) is 25.6. The molecule has 2 bridgehead atoms. The summed E-state index contributed by atoms with van der Waals surface area (Å²) in [5.74, 6) is -1.10. The van der Waals surface area contributed by atoms with E-state index < -0.39 is 41.3 Å². The van der Waals surface area contributed by atoms with Crippen molar-refractivity contribution in [1.29, 1.82) is 0 Å². The van der Waals surface area contributed by atoms with Crippen LogP contribution in [0.2, 0.25) is 0 Å². The number of ether oxygens (including phenoxy) is 3. The van der Waals surface area contributed by atoms with Gasteiger partial charge in [-0.2, -0.15) is 0 Å². The van der Waals surface area contributed by atoms with Gasteiger partial charge in [-0.25, -0.2) is 13.8 Å². The van der Waals surface area contributed by atoms with Crippen molar-refractivity contribution in [3.8, 4) is 17.2 Å². The Bertz CT molecular complexity index is 1110. The lowest BCUT2D eigenvalue weighted by Crippen LogP contribution is -2.84. The minimum atomic E-state index is -3.74. The zero-order chi connectivity index (χ0) is 23.4. The zero-order valence-corrected chi connectivity index (χ0v) is 16.7. The average Bonchev–Trinajstić information content (AvgIpc) is 3.02. The third-order valence-corrected chi connectivity index (χ3v) is 5.68. The maximum atomic E-state index is 13.1. The summed E-state index contributed by atoms with van der Waals surface area (Å²) in [7, 11) is 0. The monoisotopic (exact) mass is 468 g/mol. The lowest BCUT2D eigenvalue weighted by atomic mass is 9.44. The highest BCUT2D eigenvalue weighted by Gasteiger charge is 2.69. The van der Waals surface area contributed by atoms with Gasteiger partial charge in [0.2, 0.25) is 0 Å². The van der Waals surface area contributed by atoms with Gasteiger partial charge in [-0.3, -0.25) is 14.6 Å². The molecular formula is C20H16F4N4O5. The molecule has 3 saturated carbocycles. The van der Waals surface area contributed by atoms with Crippen molar-refractivity contribution >= 4 is 11.8 Å². The Labute approximate surface area is 183 Å². The number of halogens is 4. The predicted molar refractivity (Wildman–Crippen MR) is 100 cm³/mol. The van der Waals surface area contributed by atoms with E-state index in [1.165, 1.54) is 18.2 Å². The number of carbonyl (C=O) groups excluding carboxylic acids is 2. The topological polar surface area (TPSA) is 112 Å². The Morgan fingerprint density at radius 3 is 2.39 bits per heavy atom. The van der Waals surface area contributed by atoms with Crippen molar-refractivity contribution < 1.29 is 41.4 Å². The molecule has 1 aromatic carbocycles. The minimum Gasteiger partial charge on any atom is -0.484 e. The standard InChI is InChI=1S/C20H16F4N4O5/c21-16(22)11-4-26-12(5-25-11)17(30)28-19-7-18(8-19,9-19)27-15(29)6-31-10-1-2-13-14(3-10)33-20(23,24)32-13/h1-5,16H,6-9H2,(H,27,29)(H,28,30). The molecule has 4 aliphatic rings. The van der Waals surface area contributed by atoms with Crippen molar-refractivity contribution in [2.24, 2.45) is 0 Å². The van der Waals surface area contributed by atoms with Crippen LogP contribution >= 0.6 is 0 Å². The summed E-state index contributed by atoms with van der Waals surface area (Å²) in [5, 5.41) is 5.66. The largest absolute Gasteiger partial charge is 0.586 e. The number of nitrogens with one attached hydrogen (secondary N) is 2. The third-order valence-electron chi connectivity index (χ3n) is 5.68. The predicted octanol–water partition coefficient (Wildman–Crippen LogP) is 2.34. The molecule has 2 aromatic rings. The molecule has 3 aliphatic carbocycles. The van der Waals surface area contributed by atoms with E-state index >= 15 is 0 Å². The maximum absolute atomic E-state index is 13.1. The molecule has 1 aromatic heterocycles. The number of hydrogen-bond acceptors (Lipinski definition) is 7. The van der Waals surface area contributed by atoms with Gasteiger partial charge >= 0.3 is 6.29 Å². The fourth-order valence-electron chi connectivity index (χ4n) is 4.43. The van der Waals surface area contributed by atoms with Gasteiger partial charge in [0.15, 0.2) is 18.1 Å². The first kappa shape index (κ1) is 21.2. The van der Waals surface area contributed by atoms with Crippen LogP contribution in [-0.4, -0.2) is 45.8 Å². The van der Waals surface area contributed by atoms with E-state index in [0.717, 1.165) is 12.4 Å². The second-order valence-corrected chi connectivity index (χ2v) is 8.29. The molecule has 2 N–H and O–H groups in total. The Hall–Kier alpha value is -3.64. The molecule has 3 fully saturated rings. The highest BCUT2D eigenvalue weighted by molar-refractivity contribution is 5.93. The summed E-state index contributed by atoms with van der Waals surface area (Å²) < 4.78 is 65.2. The van der Waals surface area contributed by atoms with Crippen LogP contribution in [0.3, 0.4) is 0 Å². The van der Waals surface area contributed by atoms with E-state index in [1.807, 2.05) is 0 Å². The summed E-state index contributed by atoms with van der Waals surface area (Å²) in [4.78, 5) is 31.8. The molecule has 0 spiro atoms. The van der Waals surface area contributed by atoms with Gasteiger partial charge in [0, 0.05) is 17.1 Å². The summed E-state index contributed by atoms with van der Waals surface area (Å²) in [5.41, 5.74) is -1.54. The van der Waals surface area contributed by atoms with Crippen LogP contribution < -0.4 is 24.8 Å². The Morgan fingerprint density at radius 2 is 1.73 bits per heavy atom. The molecule has 0 radical (unpaired) electrons. The van der Waals surface area contributed by atoms with Crippen LogP contribution in [0, 0.1) is 0 Å². The molecule has 9 nitrogen and oxygen atoms in total. The summed E-state index contributed by atoms with van der Waals surface area (Å²) in [6, 6.07) is 3.83. The molecular weight excluding hydrogens is 452 g/mol. The van der Waals surface area contributed by atoms with Gasteiger partial charge in [0.1, 0.15) is 17.1 Å². The highest BCUT2D eigenvalue weighted by Crippen LogP contribution is 2.60. The van der Waals surface area contributed by atoms with Crippen molar-refractivity contribution in [2.45, 2.75) is 43.1 Å². The third kappa shape index (κ3) is 3.98. The molecule has 0 atom stereocenters. The number of hydrogen-bond donors (Lipinski definition) is 2. The molecule has 2 amide bonds. The number of aromatic nitrogens is 2. The van der Waals surface area contributed by atoms with Gasteiger partial charge in [-0.05, 0) is 31.4 Å². The smallest absolute Gasteiger partial charge is 0.484 e. The second-order valence-electron chi connectivity index (χ2n) is 8.29. The average molecular weight is 468 g/mol. The Kier molecular flexibility index (Phi) is 4.62. The molecule has 0 unspecified atom stereocenters. The van der Waals surface area contributed by atoms with Crippen molar-refractivity contribution in [2.75, 3.05) is 6.61 Å². The molecule has 2 heterocycles. The SMILES string of the molecule is O=C(COc1ccc2c(c1)OC(F)(F)O2)NC12CC(NC(=O)c3cnc(C(F)F)cn3)(C1)C2. The Morgan fingerprint density at radius 1 is 1.03 bits per heavy atom. The number of alkyl halides is 4. The van der Waals surface area contributed by atoms with Crippen molar-refractivity contribution in [3.63, 3.8) is 0 Å². The van der Waals surface area contributed by atoms with E-state index in [1.54, 1.807) is 0 Å². The van der Waals surface area contributed by atoms with Crippen LogP contribution in [0.1, 0.15) is 41.9 Å². The molecule has 33 heavy (non-hydrogen) atoms. The summed E-state index contributed by atoms with van der Waals surface area (Å²) in [6.07, 6.45) is -3.16. The van der Waals surface area contributed by atoms with Crippen LogP contribution in [-0.2, 0) is 4.79 Å². The number of carbonyl (C=O) groups is 2. The van der Waals surface area contributed by atoms with E-state index in [4.69, 9.17) is 4.74 Å². The van der Waals surface area contributed by atoms with Crippen LogP contribution in [0.25, 0.3) is 0 Å². The van der Waals surface area contributed by atoms with Crippen LogP contribution in [0.4, 0.5) is 17.6 Å². The first-order chi connectivity index (χ1) is 15.6. The van der Waals surface area contributed by atoms with Crippen LogP contribution in [0.15, 0.2) is 30.6 Å². The number of rotatable bonds is 7. The molecule has 1 aliphatic heterocycles. The first-order valence-electron chi connectivity index (χ1n) is 9.82. The molecule has 6 rings (SSSR count). The number of fused-ring (bicyclic) bond motifs is 1. The van der Waals surface area contributed by atoms with Gasteiger partial charge in [0.05, 0.1) is 12.4 Å². The van der Waals surface area contributed by atoms with Gasteiger partial charge < -0.3 is 24.8 Å². The first-order valence-corrected chi connectivity index (χ1v) is 9.82. The zero-order valence-electron chi connectivity index (χ0n) is 16.7. The molecule has 174 valence electrons. The minimum absolute atomic E-state index is 0.0721. The van der Waals surface area contributed by atoms with E-state index in [9.17, 15) is 27.2 Å². The number of benzene rings is 1. The number of nitrogens with zero attached hydrogens (tertiary/aromatic N) is 2. The van der Waals surface area contributed by atoms with Gasteiger partial charge in [0.25, 0.3) is 18.2 Å². The van der Waals surface area contributed by atoms with Crippen molar-refractivity contribution in [1.82, 2.24) is 20.6 Å².